The van der Waals surface area contributed by atoms with Gasteiger partial charge in [-0.2, -0.15) is 4.98 Å². The maximum Gasteiger partial charge on any atom is 0.255 e. The van der Waals surface area contributed by atoms with Gasteiger partial charge in [0.05, 0.1) is 13.7 Å². The number of nitrogens with zero attached hydrogens (tertiary/aromatic N) is 2. The van der Waals surface area contributed by atoms with E-state index in [2.05, 4.69) is 20.8 Å². The third-order valence-electron chi connectivity index (χ3n) is 4.79. The van der Waals surface area contributed by atoms with E-state index in [1.165, 1.54) is 0 Å². The lowest BCUT2D eigenvalue weighted by atomic mass is 10.1. The van der Waals surface area contributed by atoms with Crippen LogP contribution >= 0.6 is 0 Å². The van der Waals surface area contributed by atoms with Crippen molar-refractivity contribution in [2.45, 2.75) is 13.5 Å². The molecule has 1 amide bonds. The van der Waals surface area contributed by atoms with Crippen LogP contribution < -0.4 is 15.4 Å². The molecule has 2 N–H and O–H groups in total. The maximum atomic E-state index is 12.4. The van der Waals surface area contributed by atoms with E-state index in [1.807, 2.05) is 43.3 Å². The van der Waals surface area contributed by atoms with Crippen LogP contribution in [0.2, 0.25) is 0 Å². The van der Waals surface area contributed by atoms with Crippen LogP contribution in [-0.2, 0) is 6.54 Å². The Labute approximate surface area is 180 Å². The van der Waals surface area contributed by atoms with E-state index < -0.39 is 0 Å². The number of benzene rings is 3. The third-order valence-corrected chi connectivity index (χ3v) is 4.79. The fraction of sp³-hybridized carbons (Fsp3) is 0.125. The quantitative estimate of drug-likeness (QED) is 0.446. The van der Waals surface area contributed by atoms with E-state index in [4.69, 9.17) is 9.26 Å². The van der Waals surface area contributed by atoms with E-state index in [0.717, 1.165) is 22.6 Å². The zero-order valence-corrected chi connectivity index (χ0v) is 17.3. The molecule has 0 aliphatic rings. The van der Waals surface area contributed by atoms with Crippen LogP contribution in [0.4, 0.5) is 11.4 Å². The zero-order chi connectivity index (χ0) is 21.6. The highest BCUT2D eigenvalue weighted by Crippen LogP contribution is 2.20. The van der Waals surface area contributed by atoms with Crippen molar-refractivity contribution in [1.82, 2.24) is 10.1 Å². The number of carbonyl (C=O) groups is 1. The first-order valence-corrected chi connectivity index (χ1v) is 9.80. The Bertz CT molecular complexity index is 1170. The molecule has 3 aromatic carbocycles. The number of aromatic nitrogens is 2. The van der Waals surface area contributed by atoms with Crippen molar-refractivity contribution in [1.29, 1.82) is 0 Å². The second-order valence-corrected chi connectivity index (χ2v) is 6.94. The van der Waals surface area contributed by atoms with Crippen LogP contribution in [0.5, 0.6) is 5.75 Å². The van der Waals surface area contributed by atoms with E-state index in [1.54, 1.807) is 43.5 Å². The highest BCUT2D eigenvalue weighted by Gasteiger charge is 2.11. The normalized spacial score (nSPS) is 10.5. The monoisotopic (exact) mass is 414 g/mol. The van der Waals surface area contributed by atoms with Crippen LogP contribution in [0.15, 0.2) is 77.3 Å². The molecule has 31 heavy (non-hydrogen) atoms. The molecule has 0 atom stereocenters. The molecule has 0 spiro atoms. The molecule has 4 aromatic rings. The summed E-state index contributed by atoms with van der Waals surface area (Å²) in [7, 11) is 1.60. The molecule has 7 nitrogen and oxygen atoms in total. The van der Waals surface area contributed by atoms with Crippen LogP contribution in [0.3, 0.4) is 0 Å². The number of nitrogens with one attached hydrogen (secondary N) is 2. The number of rotatable bonds is 7. The van der Waals surface area contributed by atoms with Gasteiger partial charge in [0.1, 0.15) is 5.75 Å². The molecular formula is C24H22N4O3. The molecule has 4 rings (SSSR count). The number of hydrogen-bond acceptors (Lipinski definition) is 6. The molecule has 0 aliphatic carbocycles. The minimum atomic E-state index is -0.184. The zero-order valence-electron chi connectivity index (χ0n) is 17.3. The van der Waals surface area contributed by atoms with Crippen LogP contribution in [0, 0.1) is 6.92 Å². The fourth-order valence-corrected chi connectivity index (χ4v) is 3.05. The summed E-state index contributed by atoms with van der Waals surface area (Å²) in [6.07, 6.45) is 0. The van der Waals surface area contributed by atoms with Crippen molar-refractivity contribution in [2.24, 2.45) is 0 Å². The number of aryl methyl sites for hydroxylation is 1. The SMILES string of the molecule is COc1ccc(NC(=O)c2ccc(NCc3nc(-c4ccccc4C)no3)cc2)cc1. The average molecular weight is 414 g/mol. The number of anilines is 2. The number of carbonyl (C=O) groups excluding carboxylic acids is 1. The second-order valence-electron chi connectivity index (χ2n) is 6.94. The van der Waals surface area contributed by atoms with Gasteiger partial charge in [0.25, 0.3) is 5.91 Å². The molecule has 1 aromatic heterocycles. The standard InChI is InChI=1S/C24H22N4O3/c1-16-5-3-4-6-21(16)23-27-22(31-28-23)15-25-18-9-7-17(8-10-18)24(29)26-19-11-13-20(30-2)14-12-19/h3-14,25H,15H2,1-2H3,(H,26,29). The Hall–Kier alpha value is -4.13. The highest BCUT2D eigenvalue weighted by molar-refractivity contribution is 6.04. The fourth-order valence-electron chi connectivity index (χ4n) is 3.05. The van der Waals surface area contributed by atoms with Crippen molar-refractivity contribution in [2.75, 3.05) is 17.7 Å². The molecule has 156 valence electrons. The predicted octanol–water partition coefficient (Wildman–Crippen LogP) is 4.92. The molecule has 0 aliphatic heterocycles. The first-order chi connectivity index (χ1) is 15.1. The van der Waals surface area contributed by atoms with E-state index in [9.17, 15) is 4.79 Å². The summed E-state index contributed by atoms with van der Waals surface area (Å²) in [5.41, 5.74) is 4.14. The maximum absolute atomic E-state index is 12.4. The van der Waals surface area contributed by atoms with Crippen molar-refractivity contribution < 1.29 is 14.1 Å². The van der Waals surface area contributed by atoms with Gasteiger partial charge in [-0.05, 0) is 61.0 Å². The van der Waals surface area contributed by atoms with Gasteiger partial charge in [0, 0.05) is 22.5 Å². The molecule has 0 radical (unpaired) electrons. The predicted molar refractivity (Wildman–Crippen MR) is 119 cm³/mol. The average Bonchev–Trinajstić information content (AvgIpc) is 3.27. The Kier molecular flexibility index (Phi) is 5.93. The summed E-state index contributed by atoms with van der Waals surface area (Å²) in [6.45, 7) is 2.40. The molecule has 1 heterocycles. The van der Waals surface area contributed by atoms with Crippen LogP contribution in [0.25, 0.3) is 11.4 Å². The largest absolute Gasteiger partial charge is 0.497 e. The van der Waals surface area contributed by atoms with Crippen molar-refractivity contribution >= 4 is 17.3 Å². The molecule has 0 saturated heterocycles. The van der Waals surface area contributed by atoms with E-state index >= 15 is 0 Å². The summed E-state index contributed by atoms with van der Waals surface area (Å²) in [4.78, 5) is 16.9. The minimum absolute atomic E-state index is 0.184. The molecule has 0 saturated carbocycles. The van der Waals surface area contributed by atoms with Gasteiger partial charge in [-0.15, -0.1) is 0 Å². The Morgan fingerprint density at radius 2 is 1.68 bits per heavy atom. The van der Waals surface area contributed by atoms with Crippen LogP contribution in [-0.4, -0.2) is 23.2 Å². The van der Waals surface area contributed by atoms with Gasteiger partial charge >= 0.3 is 0 Å². The van der Waals surface area contributed by atoms with Gasteiger partial charge in [-0.25, -0.2) is 0 Å². The lowest BCUT2D eigenvalue weighted by Gasteiger charge is -2.08. The van der Waals surface area contributed by atoms with Gasteiger partial charge in [0.15, 0.2) is 0 Å². The second kappa shape index (κ2) is 9.13. The Balaban J connectivity index is 1.34. The lowest BCUT2D eigenvalue weighted by Crippen LogP contribution is -2.11. The number of hydrogen-bond donors (Lipinski definition) is 2. The number of ether oxygens (including phenoxy) is 1. The Morgan fingerprint density at radius 3 is 2.39 bits per heavy atom. The molecular weight excluding hydrogens is 392 g/mol. The van der Waals surface area contributed by atoms with Gasteiger partial charge < -0.3 is 19.9 Å². The van der Waals surface area contributed by atoms with Crippen molar-refractivity contribution in [3.8, 4) is 17.1 Å². The smallest absolute Gasteiger partial charge is 0.255 e. The van der Waals surface area contributed by atoms with E-state index in [-0.39, 0.29) is 5.91 Å². The molecule has 7 heteroatoms. The van der Waals surface area contributed by atoms with Gasteiger partial charge in [-0.3, -0.25) is 4.79 Å². The summed E-state index contributed by atoms with van der Waals surface area (Å²) in [5.74, 6) is 1.61. The summed E-state index contributed by atoms with van der Waals surface area (Å²) < 4.78 is 10.5. The molecule has 0 fully saturated rings. The van der Waals surface area contributed by atoms with Crippen molar-refractivity contribution in [3.05, 3.63) is 89.8 Å². The summed E-state index contributed by atoms with van der Waals surface area (Å²) >= 11 is 0. The minimum Gasteiger partial charge on any atom is -0.497 e. The molecule has 0 bridgehead atoms. The summed E-state index contributed by atoms with van der Waals surface area (Å²) in [5, 5.41) is 10.1. The van der Waals surface area contributed by atoms with Crippen molar-refractivity contribution in [3.63, 3.8) is 0 Å². The first-order valence-electron chi connectivity index (χ1n) is 9.80. The summed E-state index contributed by atoms with van der Waals surface area (Å²) in [6, 6.07) is 22.3. The van der Waals surface area contributed by atoms with E-state index in [0.29, 0.717) is 29.5 Å². The van der Waals surface area contributed by atoms with Crippen LogP contribution in [0.1, 0.15) is 21.8 Å². The number of methoxy groups -OCH3 is 1. The first kappa shape index (κ1) is 20.2. The van der Waals surface area contributed by atoms with Gasteiger partial charge in [0.2, 0.25) is 11.7 Å². The third kappa shape index (κ3) is 4.90. The number of amides is 1. The topological polar surface area (TPSA) is 89.3 Å². The Morgan fingerprint density at radius 1 is 0.968 bits per heavy atom. The lowest BCUT2D eigenvalue weighted by molar-refractivity contribution is 0.102. The molecule has 0 unspecified atom stereocenters. The van der Waals surface area contributed by atoms with Gasteiger partial charge in [-0.1, -0.05) is 29.4 Å². The highest BCUT2D eigenvalue weighted by atomic mass is 16.5.